The predicted octanol–water partition coefficient (Wildman–Crippen LogP) is 4.97. The molecule has 3 aromatic rings. The number of ether oxygens (including phenoxy) is 1. The van der Waals surface area contributed by atoms with E-state index in [1.807, 2.05) is 35.0 Å². The molecule has 1 atom stereocenters. The molecular formula is C25H26N2O4S2. The van der Waals surface area contributed by atoms with Gasteiger partial charge in [-0.1, -0.05) is 31.0 Å². The van der Waals surface area contributed by atoms with Crippen molar-refractivity contribution in [1.82, 2.24) is 5.32 Å². The number of rotatable bonds is 8. The Bertz CT molecular complexity index is 1090. The van der Waals surface area contributed by atoms with Gasteiger partial charge in [0.15, 0.2) is 0 Å². The summed E-state index contributed by atoms with van der Waals surface area (Å²) in [5.74, 6) is -0.905. The van der Waals surface area contributed by atoms with Gasteiger partial charge >= 0.3 is 5.97 Å². The summed E-state index contributed by atoms with van der Waals surface area (Å²) in [6.07, 6.45) is 4.25. The molecule has 8 heteroatoms. The molecule has 1 aliphatic rings. The molecule has 4 rings (SSSR count). The number of amides is 2. The van der Waals surface area contributed by atoms with Gasteiger partial charge in [-0.2, -0.15) is 0 Å². The summed E-state index contributed by atoms with van der Waals surface area (Å²) < 4.78 is 4.87. The lowest BCUT2D eigenvalue weighted by molar-refractivity contribution is -0.126. The number of methoxy groups -OCH3 is 1. The summed E-state index contributed by atoms with van der Waals surface area (Å²) in [4.78, 5) is 42.7. The van der Waals surface area contributed by atoms with Crippen LogP contribution in [0.1, 0.15) is 51.8 Å². The Hall–Kier alpha value is -2.97. The summed E-state index contributed by atoms with van der Waals surface area (Å²) in [6, 6.07) is 13.6. The van der Waals surface area contributed by atoms with Crippen LogP contribution in [0.4, 0.5) is 5.69 Å². The van der Waals surface area contributed by atoms with Gasteiger partial charge in [-0.3, -0.25) is 14.5 Å². The number of benzene rings is 1. The fourth-order valence-corrected chi connectivity index (χ4v) is 5.66. The third-order valence-electron chi connectivity index (χ3n) is 5.74. The maximum Gasteiger partial charge on any atom is 0.337 e. The molecule has 1 saturated carbocycles. The van der Waals surface area contributed by atoms with Crippen LogP contribution in [0.25, 0.3) is 0 Å². The molecule has 0 saturated heterocycles. The molecule has 172 valence electrons. The Labute approximate surface area is 201 Å². The third-order valence-corrected chi connectivity index (χ3v) is 7.54. The van der Waals surface area contributed by atoms with Crippen LogP contribution in [0.3, 0.4) is 0 Å². The van der Waals surface area contributed by atoms with Gasteiger partial charge in [0.1, 0.15) is 6.04 Å². The molecule has 1 fully saturated rings. The molecule has 1 aliphatic carbocycles. The minimum Gasteiger partial charge on any atom is -0.465 e. The highest BCUT2D eigenvalue weighted by atomic mass is 32.1. The molecule has 1 N–H and O–H groups in total. The Morgan fingerprint density at radius 3 is 2.48 bits per heavy atom. The third kappa shape index (κ3) is 5.51. The zero-order valence-corrected chi connectivity index (χ0v) is 20.0. The highest BCUT2D eigenvalue weighted by Gasteiger charge is 2.35. The van der Waals surface area contributed by atoms with Crippen LogP contribution in [0, 0.1) is 0 Å². The van der Waals surface area contributed by atoms with Crippen LogP contribution >= 0.6 is 22.7 Å². The van der Waals surface area contributed by atoms with Gasteiger partial charge in [-0.25, -0.2) is 4.79 Å². The largest absolute Gasteiger partial charge is 0.465 e. The van der Waals surface area contributed by atoms with E-state index in [1.165, 1.54) is 34.7 Å². The molecule has 0 aliphatic heterocycles. The van der Waals surface area contributed by atoms with Crippen molar-refractivity contribution < 1.29 is 19.1 Å². The van der Waals surface area contributed by atoms with E-state index in [-0.39, 0.29) is 24.3 Å². The minimum absolute atomic E-state index is 0.121. The molecule has 0 radical (unpaired) electrons. The second-order valence-corrected chi connectivity index (χ2v) is 9.98. The van der Waals surface area contributed by atoms with Crippen LogP contribution in [0.5, 0.6) is 0 Å². The number of anilines is 1. The Balaban J connectivity index is 1.75. The lowest BCUT2D eigenvalue weighted by Gasteiger charge is -2.31. The van der Waals surface area contributed by atoms with Crippen molar-refractivity contribution in [2.45, 2.75) is 44.2 Å². The number of hydrogen-bond acceptors (Lipinski definition) is 6. The number of carbonyl (C=O) groups excluding carboxylic acids is 3. The average Bonchev–Trinajstić information content (AvgIpc) is 3.60. The highest BCUT2D eigenvalue weighted by molar-refractivity contribution is 7.10. The SMILES string of the molecule is COC(=O)c1cccc(N(C(=O)Cc2cccs2)C(C(=O)NC2CCCC2)c2cccs2)c1. The van der Waals surface area contributed by atoms with Crippen molar-refractivity contribution in [3.8, 4) is 0 Å². The quantitative estimate of drug-likeness (QED) is 0.460. The van der Waals surface area contributed by atoms with Crippen molar-refractivity contribution in [3.63, 3.8) is 0 Å². The van der Waals surface area contributed by atoms with Gasteiger partial charge in [0.2, 0.25) is 11.8 Å². The number of hydrogen-bond donors (Lipinski definition) is 1. The van der Waals surface area contributed by atoms with E-state index in [2.05, 4.69) is 5.32 Å². The molecule has 33 heavy (non-hydrogen) atoms. The van der Waals surface area contributed by atoms with E-state index < -0.39 is 12.0 Å². The number of thiophene rings is 2. The van der Waals surface area contributed by atoms with Gasteiger partial charge in [0.05, 0.1) is 19.1 Å². The first-order valence-corrected chi connectivity index (χ1v) is 12.7. The molecule has 6 nitrogen and oxygen atoms in total. The zero-order chi connectivity index (χ0) is 23.2. The fraction of sp³-hybridized carbons (Fsp3) is 0.320. The Morgan fingerprint density at radius 1 is 1.06 bits per heavy atom. The highest BCUT2D eigenvalue weighted by Crippen LogP contribution is 2.33. The van der Waals surface area contributed by atoms with Crippen LogP contribution in [-0.4, -0.2) is 30.9 Å². The second-order valence-electron chi connectivity index (χ2n) is 7.97. The van der Waals surface area contributed by atoms with E-state index in [0.29, 0.717) is 11.3 Å². The normalized spacial score (nSPS) is 14.6. The zero-order valence-electron chi connectivity index (χ0n) is 18.4. The molecule has 0 spiro atoms. The van der Waals surface area contributed by atoms with Gasteiger partial charge in [0.25, 0.3) is 0 Å². The van der Waals surface area contributed by atoms with Crippen molar-refractivity contribution in [2.75, 3.05) is 12.0 Å². The molecule has 1 aromatic carbocycles. The first-order valence-electron chi connectivity index (χ1n) is 10.9. The van der Waals surface area contributed by atoms with Gasteiger partial charge in [-0.15, -0.1) is 22.7 Å². The molecular weight excluding hydrogens is 456 g/mol. The lowest BCUT2D eigenvalue weighted by atomic mass is 10.1. The second kappa shape index (κ2) is 10.8. The van der Waals surface area contributed by atoms with E-state index in [9.17, 15) is 14.4 Å². The number of carbonyl (C=O) groups is 3. The fourth-order valence-electron chi connectivity index (χ4n) is 4.16. The summed E-state index contributed by atoms with van der Waals surface area (Å²) >= 11 is 2.94. The van der Waals surface area contributed by atoms with Gasteiger partial charge in [0, 0.05) is 21.5 Å². The van der Waals surface area contributed by atoms with E-state index >= 15 is 0 Å². The van der Waals surface area contributed by atoms with Crippen molar-refractivity contribution >= 4 is 46.1 Å². The standard InChI is InChI=1S/C25H26N2O4S2/c1-31-25(30)17-7-4-10-19(15-17)27(22(28)16-20-11-5-13-32-20)23(21-12-6-14-33-21)24(29)26-18-8-2-3-9-18/h4-7,10-15,18,23H,2-3,8-9,16H2,1H3,(H,26,29). The first-order chi connectivity index (χ1) is 16.1. The Morgan fingerprint density at radius 2 is 1.82 bits per heavy atom. The van der Waals surface area contributed by atoms with Crippen LogP contribution < -0.4 is 10.2 Å². The van der Waals surface area contributed by atoms with E-state index in [4.69, 9.17) is 4.74 Å². The summed E-state index contributed by atoms with van der Waals surface area (Å²) in [5, 5.41) is 6.99. The molecule has 2 aromatic heterocycles. The van der Waals surface area contributed by atoms with E-state index in [0.717, 1.165) is 35.4 Å². The van der Waals surface area contributed by atoms with E-state index in [1.54, 1.807) is 24.3 Å². The molecule has 0 bridgehead atoms. The van der Waals surface area contributed by atoms with Crippen molar-refractivity contribution in [1.29, 1.82) is 0 Å². The predicted molar refractivity (Wildman–Crippen MR) is 131 cm³/mol. The molecule has 2 amide bonds. The minimum atomic E-state index is -0.828. The summed E-state index contributed by atoms with van der Waals surface area (Å²) in [7, 11) is 1.32. The lowest BCUT2D eigenvalue weighted by Crippen LogP contribution is -2.46. The smallest absolute Gasteiger partial charge is 0.337 e. The molecule has 2 heterocycles. The van der Waals surface area contributed by atoms with Gasteiger partial charge in [-0.05, 0) is 53.9 Å². The number of esters is 1. The van der Waals surface area contributed by atoms with Crippen LogP contribution in [0.15, 0.2) is 59.3 Å². The monoisotopic (exact) mass is 482 g/mol. The van der Waals surface area contributed by atoms with Gasteiger partial charge < -0.3 is 10.1 Å². The molecule has 1 unspecified atom stereocenters. The van der Waals surface area contributed by atoms with Crippen molar-refractivity contribution in [3.05, 3.63) is 74.6 Å². The topological polar surface area (TPSA) is 75.7 Å². The summed E-state index contributed by atoms with van der Waals surface area (Å²) in [5.41, 5.74) is 0.810. The number of nitrogens with one attached hydrogen (secondary N) is 1. The number of nitrogens with zero attached hydrogens (tertiary/aromatic N) is 1. The van der Waals surface area contributed by atoms with Crippen molar-refractivity contribution in [2.24, 2.45) is 0 Å². The Kier molecular flexibility index (Phi) is 7.57. The maximum atomic E-state index is 13.7. The maximum absolute atomic E-state index is 13.7. The summed E-state index contributed by atoms with van der Waals surface area (Å²) in [6.45, 7) is 0. The van der Waals surface area contributed by atoms with Crippen LogP contribution in [-0.2, 0) is 20.7 Å². The van der Waals surface area contributed by atoms with Crippen LogP contribution in [0.2, 0.25) is 0 Å². The average molecular weight is 483 g/mol. The first kappa shape index (κ1) is 23.2.